The zero-order valence-electron chi connectivity index (χ0n) is 13.8. The zero-order chi connectivity index (χ0) is 18.0. The van der Waals surface area contributed by atoms with Gasteiger partial charge in [-0.1, -0.05) is 30.3 Å². The number of carbonyl (C=O) groups excluding carboxylic acids is 1. The van der Waals surface area contributed by atoms with E-state index in [4.69, 9.17) is 0 Å². The van der Waals surface area contributed by atoms with Gasteiger partial charge in [-0.25, -0.2) is 4.98 Å². The molecule has 1 aromatic carbocycles. The molecule has 0 saturated heterocycles. The molecule has 0 saturated carbocycles. The maximum absolute atomic E-state index is 13.3. The first-order valence-corrected chi connectivity index (χ1v) is 7.98. The van der Waals surface area contributed by atoms with E-state index in [2.05, 4.69) is 10.3 Å². The number of carbonyl (C=O) groups is 1. The van der Waals surface area contributed by atoms with Crippen molar-refractivity contribution in [2.45, 2.75) is 25.2 Å². The molecule has 0 fully saturated rings. The molecule has 1 unspecified atom stereocenters. The summed E-state index contributed by atoms with van der Waals surface area (Å²) in [4.78, 5) is 18.1. The number of amides is 1. The number of imidazole rings is 1. The minimum atomic E-state index is -4.47. The number of aromatic nitrogens is 2. The maximum atomic E-state index is 13.3. The molecule has 2 heterocycles. The second kappa shape index (κ2) is 6.87. The fourth-order valence-corrected chi connectivity index (χ4v) is 3.04. The molecule has 5 nitrogen and oxygen atoms in total. The van der Waals surface area contributed by atoms with Crippen LogP contribution in [0.25, 0.3) is 0 Å². The van der Waals surface area contributed by atoms with Crippen molar-refractivity contribution in [1.82, 2.24) is 19.8 Å². The molecular weight excluding hydrogens is 333 g/mol. The quantitative estimate of drug-likeness (QED) is 0.918. The van der Waals surface area contributed by atoms with Gasteiger partial charge in [-0.3, -0.25) is 10.1 Å². The molecule has 1 N–H and O–H groups in total. The molecule has 1 amide bonds. The van der Waals surface area contributed by atoms with Crippen LogP contribution in [0.3, 0.4) is 0 Å². The van der Waals surface area contributed by atoms with E-state index in [1.54, 1.807) is 29.4 Å². The van der Waals surface area contributed by atoms with Gasteiger partial charge in [0.25, 0.3) is 0 Å². The Morgan fingerprint density at radius 2 is 2.04 bits per heavy atom. The SMILES string of the molecule is Cn1cnc2c1CCN(C(=O)CNC(c1ccccc1)C(F)(F)F)C2. The minimum absolute atomic E-state index is 0.0912. The van der Waals surface area contributed by atoms with E-state index in [0.29, 0.717) is 19.5 Å². The highest BCUT2D eigenvalue weighted by Gasteiger charge is 2.41. The maximum Gasteiger partial charge on any atom is 0.407 e. The lowest BCUT2D eigenvalue weighted by molar-refractivity contribution is -0.159. The van der Waals surface area contributed by atoms with Crippen LogP contribution in [0.5, 0.6) is 0 Å². The molecule has 0 radical (unpaired) electrons. The average Bonchev–Trinajstić information content (AvgIpc) is 2.95. The zero-order valence-corrected chi connectivity index (χ0v) is 13.8. The molecule has 1 aliphatic rings. The second-order valence-corrected chi connectivity index (χ2v) is 6.08. The van der Waals surface area contributed by atoms with Crippen molar-refractivity contribution in [3.8, 4) is 0 Å². The molecule has 2 aromatic rings. The molecule has 3 rings (SSSR count). The van der Waals surface area contributed by atoms with Crippen molar-refractivity contribution in [2.24, 2.45) is 7.05 Å². The molecular formula is C17H19F3N4O. The van der Waals surface area contributed by atoms with Crippen LogP contribution in [0.1, 0.15) is 23.0 Å². The first kappa shape index (κ1) is 17.5. The van der Waals surface area contributed by atoms with Gasteiger partial charge in [0.1, 0.15) is 6.04 Å². The summed E-state index contributed by atoms with van der Waals surface area (Å²) < 4.78 is 41.8. The minimum Gasteiger partial charge on any atom is -0.337 e. The highest BCUT2D eigenvalue weighted by Crippen LogP contribution is 2.32. The van der Waals surface area contributed by atoms with Crippen molar-refractivity contribution < 1.29 is 18.0 Å². The summed E-state index contributed by atoms with van der Waals surface area (Å²) in [7, 11) is 1.89. The number of nitrogens with one attached hydrogen (secondary N) is 1. The highest BCUT2D eigenvalue weighted by atomic mass is 19.4. The van der Waals surface area contributed by atoms with Crippen LogP contribution in [0.2, 0.25) is 0 Å². The van der Waals surface area contributed by atoms with Gasteiger partial charge in [-0.15, -0.1) is 0 Å². The number of alkyl halides is 3. The number of nitrogens with zero attached hydrogens (tertiary/aromatic N) is 3. The van der Waals surface area contributed by atoms with Gasteiger partial charge in [0.05, 0.1) is 25.1 Å². The Labute approximate surface area is 143 Å². The third kappa shape index (κ3) is 3.84. The van der Waals surface area contributed by atoms with E-state index in [0.717, 1.165) is 11.4 Å². The predicted octanol–water partition coefficient (Wildman–Crippen LogP) is 2.20. The molecule has 1 aromatic heterocycles. The number of benzene rings is 1. The van der Waals surface area contributed by atoms with Crippen LogP contribution >= 0.6 is 0 Å². The van der Waals surface area contributed by atoms with Crippen molar-refractivity contribution in [3.63, 3.8) is 0 Å². The Morgan fingerprint density at radius 3 is 2.72 bits per heavy atom. The standard InChI is InChI=1S/C17H19F3N4O/c1-23-11-22-13-10-24(8-7-14(13)23)15(25)9-21-16(17(18,19)20)12-5-3-2-4-6-12/h2-6,11,16,21H,7-10H2,1H3. The number of fused-ring (bicyclic) bond motifs is 1. The van der Waals surface area contributed by atoms with Crippen molar-refractivity contribution in [3.05, 3.63) is 53.6 Å². The molecule has 0 spiro atoms. The Kier molecular flexibility index (Phi) is 4.80. The van der Waals surface area contributed by atoms with Crippen LogP contribution in [0, 0.1) is 0 Å². The van der Waals surface area contributed by atoms with E-state index in [1.807, 2.05) is 11.6 Å². The second-order valence-electron chi connectivity index (χ2n) is 6.08. The topological polar surface area (TPSA) is 50.2 Å². The van der Waals surface area contributed by atoms with Crippen LogP contribution in [0.4, 0.5) is 13.2 Å². The van der Waals surface area contributed by atoms with Crippen molar-refractivity contribution in [1.29, 1.82) is 0 Å². The van der Waals surface area contributed by atoms with Crippen LogP contribution in [-0.4, -0.2) is 39.6 Å². The average molecular weight is 352 g/mol. The van der Waals surface area contributed by atoms with Crippen LogP contribution < -0.4 is 5.32 Å². The summed E-state index contributed by atoms with van der Waals surface area (Å²) >= 11 is 0. The van der Waals surface area contributed by atoms with E-state index >= 15 is 0 Å². The molecule has 1 atom stereocenters. The lowest BCUT2D eigenvalue weighted by atomic mass is 10.1. The summed E-state index contributed by atoms with van der Waals surface area (Å²) in [5, 5.41) is 2.36. The Morgan fingerprint density at radius 1 is 1.32 bits per heavy atom. The summed E-state index contributed by atoms with van der Waals surface area (Å²) in [6, 6.07) is 5.68. The summed E-state index contributed by atoms with van der Waals surface area (Å²) in [6.07, 6.45) is -2.14. The normalized spacial score (nSPS) is 15.8. The van der Waals surface area contributed by atoms with Crippen LogP contribution in [0.15, 0.2) is 36.7 Å². The van der Waals surface area contributed by atoms with E-state index in [1.165, 1.54) is 12.1 Å². The number of hydrogen-bond donors (Lipinski definition) is 1. The summed E-state index contributed by atoms with van der Waals surface area (Å²) in [5.41, 5.74) is 1.96. The number of hydrogen-bond acceptors (Lipinski definition) is 3. The number of aryl methyl sites for hydroxylation is 1. The Bertz CT molecular complexity index is 742. The fourth-order valence-electron chi connectivity index (χ4n) is 3.04. The van der Waals surface area contributed by atoms with Crippen molar-refractivity contribution in [2.75, 3.05) is 13.1 Å². The first-order chi connectivity index (χ1) is 11.9. The van der Waals surface area contributed by atoms with Gasteiger partial charge in [-0.05, 0) is 5.56 Å². The lowest BCUT2D eigenvalue weighted by Crippen LogP contribution is -2.44. The number of halogens is 3. The molecule has 0 bridgehead atoms. The van der Waals surface area contributed by atoms with E-state index in [9.17, 15) is 18.0 Å². The molecule has 25 heavy (non-hydrogen) atoms. The third-order valence-corrected chi connectivity index (χ3v) is 4.38. The first-order valence-electron chi connectivity index (χ1n) is 7.98. The molecule has 8 heteroatoms. The number of rotatable bonds is 4. The smallest absolute Gasteiger partial charge is 0.337 e. The van der Waals surface area contributed by atoms with E-state index < -0.39 is 12.2 Å². The largest absolute Gasteiger partial charge is 0.407 e. The van der Waals surface area contributed by atoms with Gasteiger partial charge in [0.2, 0.25) is 5.91 Å². The fraction of sp³-hybridized carbons (Fsp3) is 0.412. The lowest BCUT2D eigenvalue weighted by Gasteiger charge is -2.28. The predicted molar refractivity (Wildman–Crippen MR) is 85.6 cm³/mol. The van der Waals surface area contributed by atoms with Crippen molar-refractivity contribution >= 4 is 5.91 Å². The van der Waals surface area contributed by atoms with E-state index in [-0.39, 0.29) is 18.0 Å². The Hall–Kier alpha value is -2.35. The molecule has 1 aliphatic heterocycles. The van der Waals surface area contributed by atoms with Gasteiger partial charge in [0.15, 0.2) is 0 Å². The van der Waals surface area contributed by atoms with Gasteiger partial charge >= 0.3 is 6.18 Å². The van der Waals surface area contributed by atoms with Gasteiger partial charge in [0, 0.05) is 25.7 Å². The van der Waals surface area contributed by atoms with Gasteiger partial charge < -0.3 is 9.47 Å². The third-order valence-electron chi connectivity index (χ3n) is 4.38. The summed E-state index contributed by atoms with van der Waals surface area (Å²) in [5.74, 6) is -0.360. The van der Waals surface area contributed by atoms with Gasteiger partial charge in [-0.2, -0.15) is 13.2 Å². The molecule has 0 aliphatic carbocycles. The highest BCUT2D eigenvalue weighted by molar-refractivity contribution is 5.78. The summed E-state index contributed by atoms with van der Waals surface area (Å²) in [6.45, 7) is 0.439. The molecule has 134 valence electrons. The monoisotopic (exact) mass is 352 g/mol. The Balaban J connectivity index is 1.64. The van der Waals surface area contributed by atoms with Crippen LogP contribution in [-0.2, 0) is 24.8 Å².